The quantitative estimate of drug-likeness (QED) is 0.504. The maximum Gasteiger partial charge on any atom is 0.267 e. The van der Waals surface area contributed by atoms with E-state index in [1.165, 1.54) is 0 Å². The first-order valence-electron chi connectivity index (χ1n) is 4.12. The molecule has 0 saturated heterocycles. The summed E-state index contributed by atoms with van der Waals surface area (Å²) in [6.45, 7) is 5.07. The third-order valence-corrected chi connectivity index (χ3v) is 2.11. The normalized spacial score (nSPS) is 11.4. The first-order chi connectivity index (χ1) is 6.39. The van der Waals surface area contributed by atoms with Crippen LogP contribution in [0.4, 0.5) is 0 Å². The van der Waals surface area contributed by atoms with Crippen LogP contribution in [0.2, 0.25) is 0 Å². The van der Waals surface area contributed by atoms with Gasteiger partial charge in [0.1, 0.15) is 5.75 Å². The lowest BCUT2D eigenvalue weighted by Crippen LogP contribution is -2.31. The Balaban J connectivity index is 4.29. The number of hydrogen-bond donors (Lipinski definition) is 2. The fraction of sp³-hybridized carbons (Fsp3) is 0.500. The van der Waals surface area contributed by atoms with Crippen LogP contribution in [0.15, 0.2) is 12.7 Å². The second-order valence-corrected chi connectivity index (χ2v) is 4.23. The third-order valence-electron chi connectivity index (χ3n) is 1.39. The summed E-state index contributed by atoms with van der Waals surface area (Å²) < 4.78 is 29.7. The van der Waals surface area contributed by atoms with E-state index in [0.29, 0.717) is 12.8 Å². The molecular formula is C8H14NO4S. The van der Waals surface area contributed by atoms with E-state index in [0.717, 1.165) is 6.08 Å². The Bertz CT molecular complexity index is 296. The molecule has 0 aromatic rings. The minimum absolute atomic E-state index is 0.278. The molecule has 0 aliphatic rings. The van der Waals surface area contributed by atoms with Crippen LogP contribution in [-0.2, 0) is 14.9 Å². The molecule has 0 bridgehead atoms. The van der Waals surface area contributed by atoms with Crippen LogP contribution in [0.25, 0.3) is 0 Å². The standard InChI is InChI=1S/C8H14NO4S/c1-3-5-7(6-14(11,12)13)9-8(10)4-2/h4H,2-3,5-6H2,1H3,(H,9,10)(H,11,12,13). The predicted octanol–water partition coefficient (Wildman–Crippen LogP) is 0.508. The zero-order valence-electron chi connectivity index (χ0n) is 7.99. The van der Waals surface area contributed by atoms with Gasteiger partial charge < -0.3 is 5.32 Å². The molecule has 0 heterocycles. The highest BCUT2D eigenvalue weighted by atomic mass is 32.2. The molecule has 0 aliphatic carbocycles. The molecule has 0 fully saturated rings. The Morgan fingerprint density at radius 3 is 2.50 bits per heavy atom. The molecule has 0 unspecified atom stereocenters. The zero-order valence-corrected chi connectivity index (χ0v) is 8.80. The average molecular weight is 220 g/mol. The second kappa shape index (κ2) is 5.77. The summed E-state index contributed by atoms with van der Waals surface area (Å²) in [5, 5.41) is 2.34. The van der Waals surface area contributed by atoms with Gasteiger partial charge in [-0.1, -0.05) is 19.9 Å². The first kappa shape index (κ1) is 13.1. The Morgan fingerprint density at radius 2 is 2.14 bits per heavy atom. The molecule has 0 saturated carbocycles. The number of carbonyl (C=O) groups excluding carboxylic acids is 1. The summed E-state index contributed by atoms with van der Waals surface area (Å²) in [5.74, 6) is -1.02. The second-order valence-electron chi connectivity index (χ2n) is 2.77. The van der Waals surface area contributed by atoms with Crippen LogP contribution < -0.4 is 5.32 Å². The molecule has 1 radical (unpaired) electrons. The molecule has 0 rings (SSSR count). The maximum absolute atomic E-state index is 10.9. The van der Waals surface area contributed by atoms with Gasteiger partial charge in [0.15, 0.2) is 0 Å². The van der Waals surface area contributed by atoms with Gasteiger partial charge in [-0.3, -0.25) is 9.35 Å². The molecule has 6 heteroatoms. The van der Waals surface area contributed by atoms with Crippen LogP contribution in [0, 0.1) is 6.04 Å². The number of rotatable bonds is 6. The van der Waals surface area contributed by atoms with Gasteiger partial charge in [-0.05, 0) is 12.5 Å². The van der Waals surface area contributed by atoms with Crippen molar-refractivity contribution in [3.8, 4) is 0 Å². The summed E-state index contributed by atoms with van der Waals surface area (Å²) in [6.07, 6.45) is 2.14. The van der Waals surface area contributed by atoms with Crippen molar-refractivity contribution in [3.63, 3.8) is 0 Å². The molecular weight excluding hydrogens is 206 g/mol. The van der Waals surface area contributed by atoms with Crippen molar-refractivity contribution in [1.82, 2.24) is 5.32 Å². The monoisotopic (exact) mass is 220 g/mol. The zero-order chi connectivity index (χ0) is 11.2. The lowest BCUT2D eigenvalue weighted by Gasteiger charge is -2.13. The van der Waals surface area contributed by atoms with E-state index in [1.807, 2.05) is 6.92 Å². The summed E-state index contributed by atoms with van der Waals surface area (Å²) >= 11 is 0. The SMILES string of the molecule is C=CC(=O)N[C](CCC)CS(=O)(=O)O. The highest BCUT2D eigenvalue weighted by molar-refractivity contribution is 7.85. The maximum atomic E-state index is 10.9. The largest absolute Gasteiger partial charge is 0.344 e. The molecule has 14 heavy (non-hydrogen) atoms. The number of hydrogen-bond acceptors (Lipinski definition) is 3. The molecule has 81 valence electrons. The summed E-state index contributed by atoms with van der Waals surface area (Å²) in [6, 6.07) is 0.278. The van der Waals surface area contributed by atoms with Crippen molar-refractivity contribution < 1.29 is 17.8 Å². The first-order valence-corrected chi connectivity index (χ1v) is 5.73. The van der Waals surface area contributed by atoms with E-state index in [1.54, 1.807) is 0 Å². The smallest absolute Gasteiger partial charge is 0.267 e. The fourth-order valence-corrected chi connectivity index (χ4v) is 1.57. The summed E-state index contributed by atoms with van der Waals surface area (Å²) in [4.78, 5) is 10.9. The van der Waals surface area contributed by atoms with Crippen LogP contribution in [0.5, 0.6) is 0 Å². The molecule has 0 aliphatic heterocycles. The lowest BCUT2D eigenvalue weighted by molar-refractivity contribution is -0.116. The Kier molecular flexibility index (Phi) is 5.40. The molecule has 1 amide bonds. The minimum atomic E-state index is -4.09. The van der Waals surface area contributed by atoms with Crippen LogP contribution in [-0.4, -0.2) is 24.6 Å². The fourth-order valence-electron chi connectivity index (χ4n) is 0.918. The van der Waals surface area contributed by atoms with Gasteiger partial charge in [-0.15, -0.1) is 0 Å². The van der Waals surface area contributed by atoms with Crippen LogP contribution in [0.3, 0.4) is 0 Å². The van der Waals surface area contributed by atoms with Gasteiger partial charge in [0, 0.05) is 0 Å². The van der Waals surface area contributed by atoms with E-state index < -0.39 is 21.8 Å². The van der Waals surface area contributed by atoms with Crippen molar-refractivity contribution in [2.75, 3.05) is 5.75 Å². The molecule has 0 atom stereocenters. The van der Waals surface area contributed by atoms with Gasteiger partial charge in [0.2, 0.25) is 5.91 Å². The Labute approximate surface area is 83.9 Å². The Morgan fingerprint density at radius 1 is 1.57 bits per heavy atom. The van der Waals surface area contributed by atoms with Crippen molar-refractivity contribution in [2.24, 2.45) is 0 Å². The molecule has 5 nitrogen and oxygen atoms in total. The highest BCUT2D eigenvalue weighted by Crippen LogP contribution is 2.07. The van der Waals surface area contributed by atoms with E-state index >= 15 is 0 Å². The van der Waals surface area contributed by atoms with E-state index in [2.05, 4.69) is 11.9 Å². The average Bonchev–Trinajstić information content (AvgIpc) is 2.01. The van der Waals surface area contributed by atoms with Gasteiger partial charge >= 0.3 is 0 Å². The third kappa shape index (κ3) is 6.62. The predicted molar refractivity (Wildman–Crippen MR) is 52.9 cm³/mol. The lowest BCUT2D eigenvalue weighted by atomic mass is 10.2. The van der Waals surface area contributed by atoms with Crippen LogP contribution >= 0.6 is 0 Å². The van der Waals surface area contributed by atoms with E-state index in [9.17, 15) is 13.2 Å². The van der Waals surface area contributed by atoms with E-state index in [-0.39, 0.29) is 6.04 Å². The van der Waals surface area contributed by atoms with Gasteiger partial charge in [0.05, 0.1) is 6.04 Å². The highest BCUT2D eigenvalue weighted by Gasteiger charge is 2.18. The summed E-state index contributed by atoms with van der Waals surface area (Å²) in [5.41, 5.74) is 0. The van der Waals surface area contributed by atoms with Crippen LogP contribution in [0.1, 0.15) is 19.8 Å². The Hall–Kier alpha value is -0.880. The minimum Gasteiger partial charge on any atom is -0.344 e. The molecule has 0 spiro atoms. The summed E-state index contributed by atoms with van der Waals surface area (Å²) in [7, 11) is -4.09. The number of amides is 1. The molecule has 2 N–H and O–H groups in total. The molecule has 0 aromatic heterocycles. The topological polar surface area (TPSA) is 83.5 Å². The van der Waals surface area contributed by atoms with E-state index in [4.69, 9.17) is 4.55 Å². The molecule has 0 aromatic carbocycles. The number of nitrogens with one attached hydrogen (secondary N) is 1. The van der Waals surface area contributed by atoms with Crippen molar-refractivity contribution in [3.05, 3.63) is 18.7 Å². The number of carbonyl (C=O) groups is 1. The van der Waals surface area contributed by atoms with Crippen molar-refractivity contribution in [1.29, 1.82) is 0 Å². The van der Waals surface area contributed by atoms with Gasteiger partial charge in [-0.25, -0.2) is 0 Å². The van der Waals surface area contributed by atoms with Gasteiger partial charge in [0.25, 0.3) is 10.1 Å². The van der Waals surface area contributed by atoms with Crippen molar-refractivity contribution >= 4 is 16.0 Å². The van der Waals surface area contributed by atoms with Crippen molar-refractivity contribution in [2.45, 2.75) is 19.8 Å². The van der Waals surface area contributed by atoms with Gasteiger partial charge in [-0.2, -0.15) is 8.42 Å².